The van der Waals surface area contributed by atoms with Gasteiger partial charge in [-0.1, -0.05) is 18.6 Å². The molecule has 160 valence electrons. The highest BCUT2D eigenvalue weighted by atomic mass is 16.6. The van der Waals surface area contributed by atoms with Crippen LogP contribution in [-0.4, -0.2) is 47.0 Å². The molecule has 1 saturated heterocycles. The fraction of sp³-hybridized carbons (Fsp3) is 0.429. The molecule has 2 heterocycles. The first-order valence-electron chi connectivity index (χ1n) is 9.97. The summed E-state index contributed by atoms with van der Waals surface area (Å²) in [4.78, 5) is 37.1. The number of aromatic nitrogens is 1. The minimum atomic E-state index is -0.593. The molecule has 0 aliphatic carbocycles. The third-order valence-corrected chi connectivity index (χ3v) is 5.32. The fourth-order valence-corrected chi connectivity index (χ4v) is 3.69. The van der Waals surface area contributed by atoms with Crippen molar-refractivity contribution in [3.05, 3.63) is 68.6 Å². The van der Waals surface area contributed by atoms with Crippen molar-refractivity contribution in [2.24, 2.45) is 0 Å². The number of ether oxygens (including phenoxy) is 1. The molecular weight excluding hydrogens is 388 g/mol. The Kier molecular flexibility index (Phi) is 7.18. The van der Waals surface area contributed by atoms with Crippen molar-refractivity contribution >= 4 is 11.6 Å². The lowest BCUT2D eigenvalue weighted by atomic mass is 10.0. The average Bonchev–Trinajstić information content (AvgIpc) is 2.76. The van der Waals surface area contributed by atoms with Gasteiger partial charge in [0.25, 0.3) is 11.2 Å². The van der Waals surface area contributed by atoms with E-state index in [0.717, 1.165) is 60.1 Å². The Bertz CT molecular complexity index is 935. The second-order valence-corrected chi connectivity index (χ2v) is 7.30. The van der Waals surface area contributed by atoms with Crippen molar-refractivity contribution in [2.75, 3.05) is 26.7 Å². The first-order valence-corrected chi connectivity index (χ1v) is 9.97. The number of piperidine rings is 1. The monoisotopic (exact) mass is 414 g/mol. The van der Waals surface area contributed by atoms with E-state index >= 15 is 0 Å². The van der Waals surface area contributed by atoms with E-state index in [0.29, 0.717) is 6.54 Å². The van der Waals surface area contributed by atoms with Crippen molar-refractivity contribution < 1.29 is 14.5 Å². The van der Waals surface area contributed by atoms with Gasteiger partial charge in [0.15, 0.2) is 0 Å². The van der Waals surface area contributed by atoms with E-state index in [4.69, 9.17) is 4.74 Å². The Morgan fingerprint density at radius 1 is 1.17 bits per heavy atom. The van der Waals surface area contributed by atoms with E-state index in [-0.39, 0.29) is 24.2 Å². The van der Waals surface area contributed by atoms with Gasteiger partial charge in [0, 0.05) is 18.7 Å². The number of methoxy groups -OCH3 is 1. The molecule has 1 aromatic carbocycles. The zero-order valence-electron chi connectivity index (χ0n) is 17.0. The van der Waals surface area contributed by atoms with Gasteiger partial charge in [-0.15, -0.1) is 0 Å². The highest BCUT2D eigenvalue weighted by Crippen LogP contribution is 2.25. The Balaban J connectivity index is 1.70. The summed E-state index contributed by atoms with van der Waals surface area (Å²) in [5.41, 5.74) is 0.385. The van der Waals surface area contributed by atoms with E-state index in [1.807, 2.05) is 24.3 Å². The number of rotatable bonds is 8. The largest absolute Gasteiger partial charge is 0.497 e. The predicted molar refractivity (Wildman–Crippen MR) is 112 cm³/mol. The molecule has 1 atom stereocenters. The van der Waals surface area contributed by atoms with E-state index in [2.05, 4.69) is 10.2 Å². The summed E-state index contributed by atoms with van der Waals surface area (Å²) in [7, 11) is 1.62. The third-order valence-electron chi connectivity index (χ3n) is 5.32. The van der Waals surface area contributed by atoms with Crippen molar-refractivity contribution in [1.29, 1.82) is 0 Å². The van der Waals surface area contributed by atoms with Crippen LogP contribution in [0.5, 0.6) is 5.75 Å². The molecule has 0 radical (unpaired) electrons. The van der Waals surface area contributed by atoms with Crippen molar-refractivity contribution in [3.63, 3.8) is 0 Å². The maximum Gasteiger partial charge on any atom is 0.285 e. The topological polar surface area (TPSA) is 107 Å². The predicted octanol–water partition coefficient (Wildman–Crippen LogP) is 2.11. The molecule has 1 amide bonds. The lowest BCUT2D eigenvalue weighted by Gasteiger charge is -2.35. The molecule has 1 aliphatic rings. The van der Waals surface area contributed by atoms with Gasteiger partial charge in [0.1, 0.15) is 12.3 Å². The number of nitrogens with zero attached hydrogens (tertiary/aromatic N) is 3. The second kappa shape index (κ2) is 10.0. The minimum Gasteiger partial charge on any atom is -0.497 e. The third kappa shape index (κ3) is 5.44. The molecule has 2 aromatic rings. The Morgan fingerprint density at radius 3 is 2.50 bits per heavy atom. The normalized spacial score (nSPS) is 15.4. The van der Waals surface area contributed by atoms with Gasteiger partial charge >= 0.3 is 0 Å². The number of nitrogens with one attached hydrogen (secondary N) is 1. The zero-order chi connectivity index (χ0) is 21.5. The SMILES string of the molecule is COc1ccc(C(CNC(=O)Cn2cc([N+](=O)[O-])ccc2=O)N2CCCCC2)cc1. The highest BCUT2D eigenvalue weighted by molar-refractivity contribution is 5.75. The average molecular weight is 414 g/mol. The van der Waals surface area contributed by atoms with E-state index in [1.165, 1.54) is 6.42 Å². The quantitative estimate of drug-likeness (QED) is 0.524. The fourth-order valence-electron chi connectivity index (χ4n) is 3.69. The molecule has 1 aliphatic heterocycles. The van der Waals surface area contributed by atoms with Crippen molar-refractivity contribution in [3.8, 4) is 5.75 Å². The van der Waals surface area contributed by atoms with Crippen LogP contribution in [0.3, 0.4) is 0 Å². The number of carbonyl (C=O) groups excluding carboxylic acids is 1. The summed E-state index contributed by atoms with van der Waals surface area (Å²) in [5, 5.41) is 13.8. The number of likely N-dealkylation sites (tertiary alicyclic amines) is 1. The maximum absolute atomic E-state index is 12.5. The van der Waals surface area contributed by atoms with Crippen LogP contribution in [-0.2, 0) is 11.3 Å². The van der Waals surface area contributed by atoms with Gasteiger partial charge in [-0.25, -0.2) is 0 Å². The number of amides is 1. The smallest absolute Gasteiger partial charge is 0.285 e. The highest BCUT2D eigenvalue weighted by Gasteiger charge is 2.23. The number of pyridine rings is 1. The van der Waals surface area contributed by atoms with Crippen LogP contribution in [0.1, 0.15) is 30.9 Å². The summed E-state index contributed by atoms with van der Waals surface area (Å²) >= 11 is 0. The molecule has 9 nitrogen and oxygen atoms in total. The van der Waals surface area contributed by atoms with Gasteiger partial charge < -0.3 is 10.1 Å². The lowest BCUT2D eigenvalue weighted by Crippen LogP contribution is -2.42. The van der Waals surface area contributed by atoms with Crippen LogP contribution in [0.25, 0.3) is 0 Å². The van der Waals surface area contributed by atoms with Gasteiger partial charge in [-0.3, -0.25) is 29.2 Å². The molecular formula is C21H26N4O5. The standard InChI is InChI=1S/C21H26N4O5/c1-30-18-8-5-16(6-9-18)19(23-11-3-2-4-12-23)13-22-20(26)15-24-14-17(25(28)29)7-10-21(24)27/h5-10,14,19H,2-4,11-13,15H2,1H3,(H,22,26). The summed E-state index contributed by atoms with van der Waals surface area (Å²) in [5.74, 6) is 0.401. The first-order chi connectivity index (χ1) is 14.5. The van der Waals surface area contributed by atoms with E-state index < -0.39 is 10.5 Å². The molecule has 0 bridgehead atoms. The zero-order valence-corrected chi connectivity index (χ0v) is 17.0. The van der Waals surface area contributed by atoms with Gasteiger partial charge in [-0.2, -0.15) is 0 Å². The molecule has 3 rings (SSSR count). The molecule has 1 aromatic heterocycles. The van der Waals surface area contributed by atoms with Crippen LogP contribution < -0.4 is 15.6 Å². The Hall–Kier alpha value is -3.20. The number of hydrogen-bond donors (Lipinski definition) is 1. The molecule has 1 N–H and O–H groups in total. The van der Waals surface area contributed by atoms with Gasteiger partial charge in [0.2, 0.25) is 5.91 Å². The maximum atomic E-state index is 12.5. The number of nitro groups is 1. The van der Waals surface area contributed by atoms with Crippen LogP contribution in [0.15, 0.2) is 47.4 Å². The minimum absolute atomic E-state index is 0.00184. The number of benzene rings is 1. The van der Waals surface area contributed by atoms with Crippen LogP contribution in [0.4, 0.5) is 5.69 Å². The molecule has 9 heteroatoms. The molecule has 0 spiro atoms. The van der Waals surface area contributed by atoms with Crippen LogP contribution in [0, 0.1) is 10.1 Å². The molecule has 1 unspecified atom stereocenters. The van der Waals surface area contributed by atoms with E-state index in [9.17, 15) is 19.7 Å². The summed E-state index contributed by atoms with van der Waals surface area (Å²) in [6.07, 6.45) is 4.52. The summed E-state index contributed by atoms with van der Waals surface area (Å²) in [6.45, 7) is 2.03. The molecule has 1 fully saturated rings. The van der Waals surface area contributed by atoms with Crippen LogP contribution >= 0.6 is 0 Å². The second-order valence-electron chi connectivity index (χ2n) is 7.30. The lowest BCUT2D eigenvalue weighted by molar-refractivity contribution is -0.385. The van der Waals surface area contributed by atoms with Crippen molar-refractivity contribution in [2.45, 2.75) is 31.8 Å². The number of hydrogen-bond acceptors (Lipinski definition) is 6. The van der Waals surface area contributed by atoms with Gasteiger partial charge in [-0.05, 0) is 43.6 Å². The number of carbonyl (C=O) groups is 1. The summed E-state index contributed by atoms with van der Waals surface area (Å²) in [6, 6.07) is 10.0. The van der Waals surface area contributed by atoms with Crippen molar-refractivity contribution in [1.82, 2.24) is 14.8 Å². The van der Waals surface area contributed by atoms with Gasteiger partial charge in [0.05, 0.1) is 24.3 Å². The van der Waals surface area contributed by atoms with Crippen LogP contribution in [0.2, 0.25) is 0 Å². The molecule has 0 saturated carbocycles. The Morgan fingerprint density at radius 2 is 1.87 bits per heavy atom. The first kappa shape index (κ1) is 21.5. The Labute approximate surface area is 174 Å². The summed E-state index contributed by atoms with van der Waals surface area (Å²) < 4.78 is 6.29. The molecule has 30 heavy (non-hydrogen) atoms. The van der Waals surface area contributed by atoms with E-state index in [1.54, 1.807) is 7.11 Å².